The monoisotopic (exact) mass is 860 g/mol. The van der Waals surface area contributed by atoms with E-state index in [-0.39, 0.29) is 28.2 Å². The van der Waals surface area contributed by atoms with Crippen LogP contribution >= 0.6 is 0 Å². The first-order valence-electron chi connectivity index (χ1n) is 19.7. The third kappa shape index (κ3) is 9.44. The second-order valence-electron chi connectivity index (χ2n) is 15.1. The van der Waals surface area contributed by atoms with Crippen molar-refractivity contribution < 1.29 is 31.0 Å². The number of fused-ring (bicyclic) bond motifs is 2. The van der Waals surface area contributed by atoms with E-state index in [1.165, 1.54) is 12.5 Å². The molecule has 2 aromatic carbocycles. The summed E-state index contributed by atoms with van der Waals surface area (Å²) in [5.74, 6) is 2.33. The molecular weight excluding hydrogens is 813 g/mol. The summed E-state index contributed by atoms with van der Waals surface area (Å²) >= 11 is 0. The molecule has 0 spiro atoms. The van der Waals surface area contributed by atoms with E-state index < -0.39 is 19.7 Å². The first-order chi connectivity index (χ1) is 28.8. The van der Waals surface area contributed by atoms with Gasteiger partial charge >= 0.3 is 0 Å². The lowest BCUT2D eigenvalue weighted by molar-refractivity contribution is -0.0298. The summed E-state index contributed by atoms with van der Waals surface area (Å²) in [5, 5.41) is 6.54. The van der Waals surface area contributed by atoms with Gasteiger partial charge in [-0.3, -0.25) is 4.57 Å². The minimum absolute atomic E-state index is 0.0876. The highest BCUT2D eigenvalue weighted by Gasteiger charge is 2.26. The molecule has 0 bridgehead atoms. The lowest BCUT2D eigenvalue weighted by atomic mass is 10.2. The van der Waals surface area contributed by atoms with Crippen LogP contribution in [-0.2, 0) is 33.9 Å². The molecule has 318 valence electrons. The molecule has 9 rings (SSSR count). The van der Waals surface area contributed by atoms with E-state index in [2.05, 4.69) is 45.4 Å². The summed E-state index contributed by atoms with van der Waals surface area (Å²) in [4.78, 5) is 35.5. The second-order valence-corrected chi connectivity index (χ2v) is 19.1. The topological polar surface area (TPSA) is 225 Å². The highest BCUT2D eigenvalue weighted by atomic mass is 32.2. The normalized spacial score (nSPS) is 20.2. The number of benzene rings is 2. The summed E-state index contributed by atoms with van der Waals surface area (Å²) in [6.45, 7) is 8.83. The van der Waals surface area contributed by atoms with Gasteiger partial charge in [0.1, 0.15) is 11.7 Å². The van der Waals surface area contributed by atoms with Crippen molar-refractivity contribution in [1.29, 1.82) is 0 Å². The fraction of sp³-hybridized carbons (Fsp3) is 0.436. The molecule has 0 aliphatic carbocycles. The van der Waals surface area contributed by atoms with Crippen molar-refractivity contribution in [2.45, 2.75) is 61.3 Å². The third-order valence-electron chi connectivity index (χ3n) is 10.3. The Morgan fingerprint density at radius 1 is 0.683 bits per heavy atom. The number of morpholine rings is 2. The zero-order chi connectivity index (χ0) is 42.0. The SMILES string of the molecule is C[C@@H]1CN(c2nc(Nc3ccc(S(C)(=O)=O)cc3)c3[nH]cnc3n2)CCO1.C[C@@H]1CN(c2nc(Nc3ccc(S(C)(=O)=O)cc3)c3ncn(C4CCCCO4)c3n2)CCO1. The molecular formula is C39H48N12O7S2. The Bertz CT molecular complexity index is 2670. The average molecular weight is 861 g/mol. The van der Waals surface area contributed by atoms with E-state index in [1.54, 1.807) is 61.2 Å². The van der Waals surface area contributed by atoms with Crippen LogP contribution in [0, 0.1) is 0 Å². The van der Waals surface area contributed by atoms with Crippen molar-refractivity contribution in [2.24, 2.45) is 0 Å². The van der Waals surface area contributed by atoms with E-state index >= 15 is 0 Å². The van der Waals surface area contributed by atoms with Gasteiger partial charge in [0.15, 0.2) is 48.1 Å². The predicted octanol–water partition coefficient (Wildman–Crippen LogP) is 4.62. The summed E-state index contributed by atoms with van der Waals surface area (Å²) < 4.78 is 66.1. The Balaban J connectivity index is 0.000000170. The molecule has 6 aromatic rings. The van der Waals surface area contributed by atoms with Gasteiger partial charge in [0, 0.05) is 56.7 Å². The number of H-pyrrole nitrogens is 1. The van der Waals surface area contributed by atoms with Gasteiger partial charge in [0.25, 0.3) is 0 Å². The molecule has 3 N–H and O–H groups in total. The standard InChI is InChI=1S/C22H28N6O4S.C17H20N6O3S/c1-15-13-27(10-12-31-15)22-25-20(24-16-6-8-17(9-7-16)33(2,29)30)19-21(26-22)28(14-23-19)18-5-3-4-11-32-18;1-11-9-23(7-8-26-11)17-21-15-14(18-10-19-15)16(22-17)20-12-3-5-13(6-4-12)27(2,24)25/h6-9,14-15,18H,3-5,10-13H2,1-2H3,(H,24,25,26);3-6,10-11H,7-9H2,1-2H3,(H2,18,19,20,21,22)/t15-,18?;11-/m11/s1. The smallest absolute Gasteiger partial charge is 0.229 e. The maximum atomic E-state index is 11.8. The van der Waals surface area contributed by atoms with Crippen molar-refractivity contribution >= 4 is 76.9 Å². The van der Waals surface area contributed by atoms with Crippen molar-refractivity contribution in [3.63, 3.8) is 0 Å². The van der Waals surface area contributed by atoms with E-state index in [9.17, 15) is 16.8 Å². The molecule has 7 heterocycles. The third-order valence-corrected chi connectivity index (χ3v) is 12.5. The number of anilines is 6. The van der Waals surface area contributed by atoms with Crippen LogP contribution in [0.25, 0.3) is 22.3 Å². The van der Waals surface area contributed by atoms with Crippen LogP contribution in [0.1, 0.15) is 39.3 Å². The number of nitrogens with one attached hydrogen (secondary N) is 3. The zero-order valence-corrected chi connectivity index (χ0v) is 35.4. The quantitative estimate of drug-likeness (QED) is 0.180. The molecule has 19 nitrogen and oxygen atoms in total. The highest BCUT2D eigenvalue weighted by molar-refractivity contribution is 7.91. The molecule has 0 saturated carbocycles. The van der Waals surface area contributed by atoms with Gasteiger partial charge in [-0.05, 0) is 81.6 Å². The zero-order valence-electron chi connectivity index (χ0n) is 33.8. The first-order valence-corrected chi connectivity index (χ1v) is 23.5. The van der Waals surface area contributed by atoms with Crippen molar-refractivity contribution in [3.8, 4) is 0 Å². The van der Waals surface area contributed by atoms with Crippen LogP contribution in [0.2, 0.25) is 0 Å². The molecule has 4 aromatic heterocycles. The maximum absolute atomic E-state index is 11.8. The number of aromatic nitrogens is 8. The Kier molecular flexibility index (Phi) is 11.9. The Morgan fingerprint density at radius 3 is 1.80 bits per heavy atom. The number of aromatic amines is 1. The van der Waals surface area contributed by atoms with Gasteiger partial charge in [-0.25, -0.2) is 26.8 Å². The summed E-state index contributed by atoms with van der Waals surface area (Å²) in [6, 6.07) is 13.1. The summed E-state index contributed by atoms with van der Waals surface area (Å²) in [5.41, 5.74) is 4.04. The molecule has 3 saturated heterocycles. The van der Waals surface area contributed by atoms with Crippen LogP contribution in [0.3, 0.4) is 0 Å². The van der Waals surface area contributed by atoms with Gasteiger partial charge in [0.05, 0.1) is 47.9 Å². The molecule has 60 heavy (non-hydrogen) atoms. The number of ether oxygens (including phenoxy) is 3. The molecule has 3 aliphatic rings. The van der Waals surface area contributed by atoms with E-state index in [4.69, 9.17) is 24.2 Å². The Hall–Kier alpha value is -5.48. The van der Waals surface area contributed by atoms with Gasteiger partial charge in [-0.2, -0.15) is 19.9 Å². The Morgan fingerprint density at radius 2 is 1.25 bits per heavy atom. The number of sulfone groups is 2. The molecule has 0 amide bonds. The first kappa shape index (κ1) is 41.3. The van der Waals surface area contributed by atoms with E-state index in [1.807, 2.05) is 18.4 Å². The van der Waals surface area contributed by atoms with Crippen LogP contribution < -0.4 is 20.4 Å². The molecule has 3 atom stereocenters. The number of hydrogen-bond acceptors (Lipinski definition) is 17. The minimum Gasteiger partial charge on any atom is -0.375 e. The fourth-order valence-electron chi connectivity index (χ4n) is 7.19. The van der Waals surface area contributed by atoms with Crippen molar-refractivity contribution in [3.05, 3.63) is 61.2 Å². The predicted molar refractivity (Wildman–Crippen MR) is 227 cm³/mol. The summed E-state index contributed by atoms with van der Waals surface area (Å²) in [6.07, 6.45) is 8.88. The van der Waals surface area contributed by atoms with Crippen LogP contribution in [0.15, 0.2) is 71.0 Å². The summed E-state index contributed by atoms with van der Waals surface area (Å²) in [7, 11) is -6.50. The van der Waals surface area contributed by atoms with E-state index in [0.29, 0.717) is 90.9 Å². The lowest BCUT2D eigenvalue weighted by Crippen LogP contribution is -2.42. The number of imidazole rings is 2. The number of nitrogens with zero attached hydrogens (tertiary/aromatic N) is 9. The van der Waals surface area contributed by atoms with Gasteiger partial charge < -0.3 is 39.6 Å². The number of hydrogen-bond donors (Lipinski definition) is 3. The second kappa shape index (κ2) is 17.2. The van der Waals surface area contributed by atoms with Gasteiger partial charge in [-0.15, -0.1) is 0 Å². The van der Waals surface area contributed by atoms with Crippen molar-refractivity contribution in [2.75, 3.05) is 78.9 Å². The lowest BCUT2D eigenvalue weighted by Gasteiger charge is -2.31. The molecule has 3 aliphatic heterocycles. The van der Waals surface area contributed by atoms with Gasteiger partial charge in [0.2, 0.25) is 11.9 Å². The average Bonchev–Trinajstić information content (AvgIpc) is 3.89. The maximum Gasteiger partial charge on any atom is 0.229 e. The van der Waals surface area contributed by atoms with Crippen LogP contribution in [-0.4, -0.2) is 127 Å². The van der Waals surface area contributed by atoms with Crippen LogP contribution in [0.5, 0.6) is 0 Å². The molecule has 3 fully saturated rings. The molecule has 21 heteroatoms. The fourth-order valence-corrected chi connectivity index (χ4v) is 8.45. The molecule has 0 radical (unpaired) electrons. The van der Waals surface area contributed by atoms with E-state index in [0.717, 1.165) is 31.6 Å². The molecule has 1 unspecified atom stereocenters. The van der Waals surface area contributed by atoms with Crippen molar-refractivity contribution in [1.82, 2.24) is 39.5 Å². The highest BCUT2D eigenvalue weighted by Crippen LogP contribution is 2.32. The van der Waals surface area contributed by atoms with Gasteiger partial charge in [-0.1, -0.05) is 0 Å². The Labute approximate surface area is 347 Å². The largest absolute Gasteiger partial charge is 0.375 e. The van der Waals surface area contributed by atoms with Crippen LogP contribution in [0.4, 0.5) is 34.9 Å². The number of rotatable bonds is 9. The minimum atomic E-state index is -3.26.